The Morgan fingerprint density at radius 3 is 2.31 bits per heavy atom. The highest BCUT2D eigenvalue weighted by molar-refractivity contribution is 5.94. The Morgan fingerprint density at radius 2 is 1.62 bits per heavy atom. The minimum absolute atomic E-state index is 0.0762. The van der Waals surface area contributed by atoms with E-state index in [0.717, 1.165) is 16.7 Å². The molecule has 0 aliphatic rings. The number of hydrogen-bond acceptors (Lipinski definition) is 3. The average molecular weight is 434 g/mol. The van der Waals surface area contributed by atoms with Gasteiger partial charge in [0.25, 0.3) is 5.91 Å². The first-order valence-corrected chi connectivity index (χ1v) is 10.5. The van der Waals surface area contributed by atoms with Gasteiger partial charge in [-0.05, 0) is 48.7 Å². The maximum absolute atomic E-state index is 14.3. The van der Waals surface area contributed by atoms with Crippen molar-refractivity contribution in [2.24, 2.45) is 0 Å². The first-order chi connectivity index (χ1) is 15.5. The molecule has 0 atom stereocenters. The number of nitrogens with zero attached hydrogens (tertiary/aromatic N) is 1. The Hall–Kier alpha value is -3.60. The van der Waals surface area contributed by atoms with Crippen molar-refractivity contribution in [1.82, 2.24) is 4.90 Å². The summed E-state index contributed by atoms with van der Waals surface area (Å²) in [6, 6.07) is 21.7. The number of benzene rings is 3. The second-order valence-corrected chi connectivity index (χ2v) is 7.55. The molecule has 166 valence electrons. The van der Waals surface area contributed by atoms with Crippen molar-refractivity contribution in [2.75, 3.05) is 27.3 Å². The molecule has 0 N–H and O–H groups in total. The van der Waals surface area contributed by atoms with E-state index in [-0.39, 0.29) is 11.5 Å². The van der Waals surface area contributed by atoms with Gasteiger partial charge in [0.05, 0.1) is 19.8 Å². The first kappa shape index (κ1) is 23.1. The summed E-state index contributed by atoms with van der Waals surface area (Å²) in [6.07, 6.45) is 2.64. The zero-order chi connectivity index (χ0) is 22.9. The third-order valence-corrected chi connectivity index (χ3v) is 5.16. The summed E-state index contributed by atoms with van der Waals surface area (Å²) in [7, 11) is 3.18. The van der Waals surface area contributed by atoms with Crippen molar-refractivity contribution in [1.29, 1.82) is 0 Å². The Balaban J connectivity index is 1.82. The minimum Gasteiger partial charge on any atom is -0.493 e. The van der Waals surface area contributed by atoms with E-state index < -0.39 is 5.82 Å². The second-order valence-electron chi connectivity index (χ2n) is 7.55. The molecular weight excluding hydrogens is 405 g/mol. The van der Waals surface area contributed by atoms with Crippen LogP contribution in [-0.2, 0) is 6.42 Å². The molecule has 32 heavy (non-hydrogen) atoms. The summed E-state index contributed by atoms with van der Waals surface area (Å²) in [4.78, 5) is 14.9. The second kappa shape index (κ2) is 11.1. The largest absolute Gasteiger partial charge is 0.493 e. The van der Waals surface area contributed by atoms with Gasteiger partial charge in [0.1, 0.15) is 5.82 Å². The van der Waals surface area contributed by atoms with E-state index in [1.54, 1.807) is 31.3 Å². The SMILES string of the molecule is COc1ccc(CCN(C/C(C)=C/c2ccccc2)C(=O)c2ccccc2F)cc1OC. The number of carbonyl (C=O) groups is 1. The number of amides is 1. The molecule has 3 aromatic rings. The topological polar surface area (TPSA) is 38.8 Å². The van der Waals surface area contributed by atoms with Crippen LogP contribution in [0.4, 0.5) is 4.39 Å². The summed E-state index contributed by atoms with van der Waals surface area (Å²) >= 11 is 0. The van der Waals surface area contributed by atoms with Gasteiger partial charge in [-0.25, -0.2) is 4.39 Å². The van der Waals surface area contributed by atoms with Crippen molar-refractivity contribution < 1.29 is 18.7 Å². The molecule has 0 saturated carbocycles. The van der Waals surface area contributed by atoms with Crippen LogP contribution in [-0.4, -0.2) is 38.1 Å². The van der Waals surface area contributed by atoms with E-state index in [1.807, 2.05) is 61.5 Å². The van der Waals surface area contributed by atoms with Crippen LogP contribution < -0.4 is 9.47 Å². The number of rotatable bonds is 9. The van der Waals surface area contributed by atoms with Gasteiger partial charge in [-0.3, -0.25) is 4.79 Å². The van der Waals surface area contributed by atoms with Crippen molar-refractivity contribution in [2.45, 2.75) is 13.3 Å². The minimum atomic E-state index is -0.515. The zero-order valence-electron chi connectivity index (χ0n) is 18.7. The number of methoxy groups -OCH3 is 2. The van der Waals surface area contributed by atoms with Crippen LogP contribution in [0.15, 0.2) is 78.4 Å². The molecule has 0 aliphatic heterocycles. The quantitative estimate of drug-likeness (QED) is 0.439. The fraction of sp³-hybridized carbons (Fsp3) is 0.222. The Kier molecular flexibility index (Phi) is 8.03. The highest BCUT2D eigenvalue weighted by Gasteiger charge is 2.19. The van der Waals surface area contributed by atoms with Gasteiger partial charge in [-0.15, -0.1) is 0 Å². The van der Waals surface area contributed by atoms with Crippen LogP contribution in [0, 0.1) is 5.82 Å². The number of ether oxygens (including phenoxy) is 2. The lowest BCUT2D eigenvalue weighted by Crippen LogP contribution is -2.35. The maximum atomic E-state index is 14.3. The van der Waals surface area contributed by atoms with Gasteiger partial charge in [0, 0.05) is 13.1 Å². The van der Waals surface area contributed by atoms with E-state index in [0.29, 0.717) is 31.0 Å². The molecule has 0 unspecified atom stereocenters. The molecule has 0 heterocycles. The van der Waals surface area contributed by atoms with Crippen LogP contribution in [0.3, 0.4) is 0 Å². The van der Waals surface area contributed by atoms with E-state index in [4.69, 9.17) is 9.47 Å². The molecule has 0 fully saturated rings. The van der Waals surface area contributed by atoms with Crippen molar-refractivity contribution >= 4 is 12.0 Å². The first-order valence-electron chi connectivity index (χ1n) is 10.5. The Morgan fingerprint density at radius 1 is 0.938 bits per heavy atom. The Bertz CT molecular complexity index is 1080. The molecule has 4 nitrogen and oxygen atoms in total. The monoisotopic (exact) mass is 433 g/mol. The normalized spacial score (nSPS) is 11.2. The third-order valence-electron chi connectivity index (χ3n) is 5.16. The predicted molar refractivity (Wildman–Crippen MR) is 126 cm³/mol. The molecule has 0 aromatic heterocycles. The lowest BCUT2D eigenvalue weighted by molar-refractivity contribution is 0.0767. The highest BCUT2D eigenvalue weighted by Crippen LogP contribution is 2.28. The summed E-state index contributed by atoms with van der Waals surface area (Å²) in [5, 5.41) is 0. The van der Waals surface area contributed by atoms with Gasteiger partial charge in [-0.1, -0.05) is 60.2 Å². The van der Waals surface area contributed by atoms with Crippen LogP contribution in [0.1, 0.15) is 28.4 Å². The average Bonchev–Trinajstić information content (AvgIpc) is 2.82. The van der Waals surface area contributed by atoms with Crippen molar-refractivity contribution in [3.05, 3.63) is 101 Å². The Labute approximate surface area is 188 Å². The van der Waals surface area contributed by atoms with E-state index in [2.05, 4.69) is 0 Å². The van der Waals surface area contributed by atoms with Gasteiger partial charge in [0.2, 0.25) is 0 Å². The van der Waals surface area contributed by atoms with Gasteiger partial charge >= 0.3 is 0 Å². The van der Waals surface area contributed by atoms with Crippen molar-refractivity contribution in [3.8, 4) is 11.5 Å². The molecular formula is C27H28FNO3. The molecule has 0 bridgehead atoms. The van der Waals surface area contributed by atoms with E-state index in [9.17, 15) is 9.18 Å². The number of halogens is 1. The van der Waals surface area contributed by atoms with Crippen LogP contribution in [0.5, 0.6) is 11.5 Å². The molecule has 1 amide bonds. The maximum Gasteiger partial charge on any atom is 0.257 e. The molecule has 3 aromatic carbocycles. The van der Waals surface area contributed by atoms with Crippen molar-refractivity contribution in [3.63, 3.8) is 0 Å². The zero-order valence-corrected chi connectivity index (χ0v) is 18.7. The summed E-state index contributed by atoms with van der Waals surface area (Å²) in [5.41, 5.74) is 3.14. The van der Waals surface area contributed by atoms with Crippen LogP contribution in [0.2, 0.25) is 0 Å². The number of hydrogen-bond donors (Lipinski definition) is 0. The lowest BCUT2D eigenvalue weighted by atomic mass is 10.1. The van der Waals surface area contributed by atoms with E-state index in [1.165, 1.54) is 12.1 Å². The fourth-order valence-corrected chi connectivity index (χ4v) is 3.54. The van der Waals surface area contributed by atoms with Gasteiger partial charge in [-0.2, -0.15) is 0 Å². The molecule has 0 aliphatic carbocycles. The van der Waals surface area contributed by atoms with Gasteiger partial charge < -0.3 is 14.4 Å². The summed E-state index contributed by atoms with van der Waals surface area (Å²) in [6.45, 7) is 2.81. The highest BCUT2D eigenvalue weighted by atomic mass is 19.1. The fourth-order valence-electron chi connectivity index (χ4n) is 3.54. The van der Waals surface area contributed by atoms with Crippen LogP contribution in [0.25, 0.3) is 6.08 Å². The van der Waals surface area contributed by atoms with Crippen LogP contribution >= 0.6 is 0 Å². The molecule has 0 radical (unpaired) electrons. The van der Waals surface area contributed by atoms with E-state index >= 15 is 0 Å². The molecule has 5 heteroatoms. The molecule has 0 saturated heterocycles. The smallest absolute Gasteiger partial charge is 0.257 e. The molecule has 0 spiro atoms. The standard InChI is InChI=1S/C27H28FNO3/c1-20(17-21-9-5-4-6-10-21)19-29(27(30)23-11-7-8-12-24(23)28)16-15-22-13-14-25(31-2)26(18-22)32-3/h4-14,17-18H,15-16,19H2,1-3H3/b20-17+. The summed E-state index contributed by atoms with van der Waals surface area (Å²) in [5.74, 6) is 0.442. The predicted octanol–water partition coefficient (Wildman–Crippen LogP) is 5.63. The van der Waals surface area contributed by atoms with Gasteiger partial charge in [0.15, 0.2) is 11.5 Å². The number of carbonyl (C=O) groups excluding carboxylic acids is 1. The summed E-state index contributed by atoms with van der Waals surface area (Å²) < 4.78 is 25.0. The molecule has 3 rings (SSSR count). The lowest BCUT2D eigenvalue weighted by Gasteiger charge is -2.24. The third kappa shape index (κ3) is 5.97.